The van der Waals surface area contributed by atoms with E-state index in [0.29, 0.717) is 26.4 Å². The van der Waals surface area contributed by atoms with Crippen molar-refractivity contribution in [3.05, 3.63) is 0 Å². The Labute approximate surface area is 493 Å². The van der Waals surface area contributed by atoms with Gasteiger partial charge in [-0.15, -0.1) is 0 Å². The van der Waals surface area contributed by atoms with Crippen molar-refractivity contribution in [2.45, 2.75) is 258 Å². The van der Waals surface area contributed by atoms with Crippen LogP contribution in [0.2, 0.25) is 0 Å². The largest absolute Gasteiger partial charge is 2.00 e. The fraction of sp³-hybridized carbons (Fsp3) is 0.923. The molecule has 2 radical (unpaired) electrons. The zero-order valence-electron chi connectivity index (χ0n) is 43.2. The Bertz CT molecular complexity index is 978. The number of hydrogen-bond donors (Lipinski definition) is 4. The van der Waals surface area contributed by atoms with E-state index in [1.54, 1.807) is 0 Å². The molecule has 0 aliphatic heterocycles. The Balaban J connectivity index is -0.000000169. The maximum Gasteiger partial charge on any atom is 2.00 e. The number of rotatable bonds is 12. The minimum Gasteiger partial charge on any atom is -0.481 e. The molecule has 0 heterocycles. The van der Waals surface area contributed by atoms with Gasteiger partial charge in [0.15, 0.2) is 0 Å². The predicted molar refractivity (Wildman–Crippen MR) is 254 cm³/mol. The van der Waals surface area contributed by atoms with Crippen molar-refractivity contribution in [2.75, 3.05) is 26.4 Å². The molecule has 70 heavy (non-hydrogen) atoms. The van der Waals surface area contributed by atoms with E-state index in [1.807, 2.05) is 27.7 Å². The van der Waals surface area contributed by atoms with Crippen molar-refractivity contribution in [3.8, 4) is 0 Å². The van der Waals surface area contributed by atoms with Crippen LogP contribution in [0.4, 0.5) is 0 Å². The van der Waals surface area contributed by atoms with Crippen LogP contribution in [0.5, 0.6) is 0 Å². The molecule has 8 rings (SSSR count). The number of carbonyl (C=O) groups is 4. The van der Waals surface area contributed by atoms with Crippen LogP contribution in [0.15, 0.2) is 0 Å². The summed E-state index contributed by atoms with van der Waals surface area (Å²) in [6.45, 7) is 10.1. The summed E-state index contributed by atoms with van der Waals surface area (Å²) >= 11 is 0. The van der Waals surface area contributed by atoms with E-state index in [-0.39, 0.29) is 155 Å². The summed E-state index contributed by atoms with van der Waals surface area (Å²) in [4.78, 5) is 42.4. The van der Waals surface area contributed by atoms with Gasteiger partial charge in [0.25, 0.3) is 0 Å². The van der Waals surface area contributed by atoms with Crippen LogP contribution in [0.25, 0.3) is 0 Å². The Morgan fingerprint density at radius 1 is 0.286 bits per heavy atom. The van der Waals surface area contributed by atoms with Crippen molar-refractivity contribution in [2.24, 2.45) is 23.7 Å². The number of carboxylic acids is 4. The minimum absolute atomic E-state index is 0. The van der Waals surface area contributed by atoms with Gasteiger partial charge < -0.3 is 39.4 Å². The zero-order valence-corrected chi connectivity index (χ0v) is 50.9. The van der Waals surface area contributed by atoms with Gasteiger partial charge in [-0.2, -0.15) is 0 Å². The van der Waals surface area contributed by atoms with Gasteiger partial charge >= 0.3 is 92.2 Å². The monoisotopic (exact) mass is 1340 g/mol. The van der Waals surface area contributed by atoms with Crippen molar-refractivity contribution < 1.29 is 166 Å². The first-order chi connectivity index (χ1) is 31.0. The molecule has 0 aromatic carbocycles. The van der Waals surface area contributed by atoms with Crippen LogP contribution >= 0.6 is 0 Å². The third kappa shape index (κ3) is 40.3. The molecule has 418 valence electrons. The quantitative estimate of drug-likeness (QED) is 0.136. The van der Waals surface area contributed by atoms with E-state index in [1.165, 1.54) is 128 Å². The maximum absolute atomic E-state index is 10.6. The third-order valence-electron chi connectivity index (χ3n) is 13.6. The molecule has 18 heteroatoms. The van der Waals surface area contributed by atoms with Gasteiger partial charge in [-0.1, -0.05) is 128 Å². The summed E-state index contributed by atoms with van der Waals surface area (Å²) in [6, 6.07) is 0. The molecule has 0 aromatic rings. The van der Waals surface area contributed by atoms with E-state index < -0.39 is 23.9 Å². The standard InChI is InChI=1S/4C8H14O3.4C5H10.4Fe.2Rh/c4*1-2-11-7-5-3-4-6(7)8(9)10;4*1-2-4-5-3-1;;;;;;/h4*6-7H,2-5H2,1H3,(H,9,10);4*1-5H2;;;;;;/q;;;;;;;;4*+2;;. The van der Waals surface area contributed by atoms with Crippen LogP contribution in [0, 0.1) is 23.7 Å². The molecule has 8 unspecified atom stereocenters. The van der Waals surface area contributed by atoms with Crippen LogP contribution in [-0.4, -0.2) is 95.1 Å². The van der Waals surface area contributed by atoms with Crippen LogP contribution < -0.4 is 0 Å². The van der Waals surface area contributed by atoms with Crippen molar-refractivity contribution in [3.63, 3.8) is 0 Å². The average molecular weight is 1340 g/mol. The molecular weight excluding hydrogens is 1250 g/mol. The van der Waals surface area contributed by atoms with Gasteiger partial charge in [0.2, 0.25) is 0 Å². The van der Waals surface area contributed by atoms with E-state index in [4.69, 9.17) is 39.4 Å². The molecular formula is C52H96Fe4O12Rh2+8. The van der Waals surface area contributed by atoms with Crippen LogP contribution in [0.3, 0.4) is 0 Å². The zero-order chi connectivity index (χ0) is 47.2. The van der Waals surface area contributed by atoms with E-state index in [0.717, 1.165) is 77.0 Å². The number of ether oxygens (including phenoxy) is 4. The molecule has 12 nitrogen and oxygen atoms in total. The fourth-order valence-corrected chi connectivity index (χ4v) is 10.0. The summed E-state index contributed by atoms with van der Waals surface area (Å²) in [7, 11) is 0. The fourth-order valence-electron chi connectivity index (χ4n) is 10.0. The smallest absolute Gasteiger partial charge is 0.481 e. The van der Waals surface area contributed by atoms with E-state index in [9.17, 15) is 19.2 Å². The second-order valence-electron chi connectivity index (χ2n) is 18.5. The van der Waals surface area contributed by atoms with Crippen molar-refractivity contribution in [1.82, 2.24) is 0 Å². The molecule has 0 spiro atoms. The molecule has 0 aromatic heterocycles. The Morgan fingerprint density at radius 3 is 0.514 bits per heavy atom. The van der Waals surface area contributed by atoms with Crippen LogP contribution in [0.1, 0.15) is 233 Å². The van der Waals surface area contributed by atoms with Gasteiger partial charge in [-0.05, 0) is 105 Å². The number of hydrogen-bond acceptors (Lipinski definition) is 8. The van der Waals surface area contributed by atoms with Crippen LogP contribution in [-0.2, 0) is 145 Å². The van der Waals surface area contributed by atoms with Gasteiger partial charge in [-0.25, -0.2) is 0 Å². The molecule has 8 atom stereocenters. The Kier molecular flexibility index (Phi) is 66.2. The summed E-state index contributed by atoms with van der Waals surface area (Å²) in [5.41, 5.74) is 0. The molecule has 0 amide bonds. The van der Waals surface area contributed by atoms with Gasteiger partial charge in [0, 0.05) is 65.4 Å². The minimum atomic E-state index is -0.707. The third-order valence-corrected chi connectivity index (χ3v) is 13.6. The van der Waals surface area contributed by atoms with Gasteiger partial charge in [-0.3, -0.25) is 19.2 Å². The predicted octanol–water partition coefficient (Wildman–Crippen LogP) is 12.9. The summed E-state index contributed by atoms with van der Waals surface area (Å²) in [5.74, 6) is -3.85. The van der Waals surface area contributed by atoms with E-state index >= 15 is 0 Å². The summed E-state index contributed by atoms with van der Waals surface area (Å²) in [6.07, 6.45) is 40.6. The van der Waals surface area contributed by atoms with Crippen molar-refractivity contribution >= 4 is 23.9 Å². The maximum atomic E-state index is 10.6. The first-order valence-electron chi connectivity index (χ1n) is 26.4. The SMILES string of the molecule is C1CCCC1.C1CCCC1.C1CCCC1.C1CCCC1.CCOC1CCCC1C(=O)O.CCOC1CCCC1C(=O)O.CCOC1CCCC1C(=O)O.CCOC1CCCC1C(=O)O.[Fe+2].[Fe+2].[Fe+2].[Fe+2].[Rh].[Rh]. The Hall–Kier alpha value is 1.04. The molecule has 0 saturated heterocycles. The summed E-state index contributed by atoms with van der Waals surface area (Å²) in [5, 5.41) is 34.9. The number of aliphatic carboxylic acids is 4. The topological polar surface area (TPSA) is 186 Å². The van der Waals surface area contributed by atoms with Gasteiger partial charge in [0.1, 0.15) is 0 Å². The second kappa shape index (κ2) is 56.3. The number of carboxylic acid groups (broad SMARTS) is 4. The molecule has 4 N–H and O–H groups in total. The first-order valence-corrected chi connectivity index (χ1v) is 26.4. The molecule has 0 bridgehead atoms. The molecule has 8 saturated carbocycles. The molecule has 8 aliphatic rings. The average Bonchev–Trinajstić information content (AvgIpc) is 4.13. The first kappa shape index (κ1) is 82.4. The Morgan fingerprint density at radius 2 is 0.414 bits per heavy atom. The van der Waals surface area contributed by atoms with Gasteiger partial charge in [0.05, 0.1) is 48.1 Å². The normalized spacial score (nSPS) is 26.1. The molecule has 8 aliphatic carbocycles. The van der Waals surface area contributed by atoms with Crippen molar-refractivity contribution in [1.29, 1.82) is 0 Å². The summed E-state index contributed by atoms with van der Waals surface area (Å²) < 4.78 is 21.2. The molecule has 8 fully saturated rings. The second-order valence-corrected chi connectivity index (χ2v) is 18.5. The van der Waals surface area contributed by atoms with E-state index in [2.05, 4.69) is 0 Å².